The van der Waals surface area contributed by atoms with Crippen LogP contribution in [-0.2, 0) is 19.6 Å². The zero-order valence-corrected chi connectivity index (χ0v) is 17.3. The van der Waals surface area contributed by atoms with Crippen molar-refractivity contribution in [1.82, 2.24) is 19.8 Å². The Labute approximate surface area is 161 Å². The average Bonchev–Trinajstić information content (AvgIpc) is 2.95. The van der Waals surface area contributed by atoms with E-state index in [9.17, 15) is 18.0 Å². The van der Waals surface area contributed by atoms with Crippen molar-refractivity contribution in [3.63, 3.8) is 0 Å². The van der Waals surface area contributed by atoms with Crippen molar-refractivity contribution in [3.8, 4) is 0 Å². The van der Waals surface area contributed by atoms with Crippen LogP contribution in [0.3, 0.4) is 0 Å². The molecular formula is C17H32N4O5S. The lowest BCUT2D eigenvalue weighted by Crippen LogP contribution is -2.45. The second kappa shape index (κ2) is 9.70. The number of rotatable bonds is 8. The van der Waals surface area contributed by atoms with Crippen LogP contribution in [0.25, 0.3) is 0 Å². The van der Waals surface area contributed by atoms with E-state index >= 15 is 0 Å². The van der Waals surface area contributed by atoms with Gasteiger partial charge in [-0.2, -0.15) is 0 Å². The molecule has 0 saturated carbocycles. The van der Waals surface area contributed by atoms with Crippen LogP contribution in [0.5, 0.6) is 0 Å². The normalized spacial score (nSPS) is 25.3. The summed E-state index contributed by atoms with van der Waals surface area (Å²) in [5.41, 5.74) is 0. The van der Waals surface area contributed by atoms with Gasteiger partial charge in [-0.25, -0.2) is 17.5 Å². The Balaban J connectivity index is 1.94. The smallest absolute Gasteiger partial charge is 0.315 e. The fourth-order valence-corrected chi connectivity index (χ4v) is 4.96. The van der Waals surface area contributed by atoms with Crippen molar-refractivity contribution >= 4 is 22.0 Å². The highest BCUT2D eigenvalue weighted by molar-refractivity contribution is 7.89. The highest BCUT2D eigenvalue weighted by Crippen LogP contribution is 2.24. The molecule has 3 amide bonds. The summed E-state index contributed by atoms with van der Waals surface area (Å²) in [6.07, 6.45) is 1.79. The molecule has 0 aliphatic carbocycles. The molecule has 0 radical (unpaired) electrons. The first-order valence-electron chi connectivity index (χ1n) is 9.56. The van der Waals surface area contributed by atoms with Gasteiger partial charge in [0, 0.05) is 45.9 Å². The Hall–Kier alpha value is -1.39. The fraction of sp³-hybridized carbons (Fsp3) is 0.882. The van der Waals surface area contributed by atoms with Gasteiger partial charge in [-0.15, -0.1) is 0 Å². The summed E-state index contributed by atoms with van der Waals surface area (Å²) >= 11 is 0. The molecule has 2 rings (SSSR count). The van der Waals surface area contributed by atoms with Gasteiger partial charge in [0.1, 0.15) is 0 Å². The number of hydrogen-bond acceptors (Lipinski definition) is 6. The van der Waals surface area contributed by atoms with Gasteiger partial charge < -0.3 is 15.4 Å². The van der Waals surface area contributed by atoms with Gasteiger partial charge in [0.2, 0.25) is 10.0 Å². The van der Waals surface area contributed by atoms with Crippen LogP contribution in [0.4, 0.5) is 4.79 Å². The molecule has 10 heteroatoms. The second-order valence-corrected chi connectivity index (χ2v) is 9.61. The molecule has 2 heterocycles. The van der Waals surface area contributed by atoms with Crippen LogP contribution in [-0.4, -0.2) is 87.3 Å². The van der Waals surface area contributed by atoms with Gasteiger partial charge in [-0.1, -0.05) is 13.8 Å². The number of ether oxygens (including phenoxy) is 1. The maximum Gasteiger partial charge on any atom is 0.315 e. The van der Waals surface area contributed by atoms with Crippen LogP contribution in [0, 0.1) is 5.92 Å². The summed E-state index contributed by atoms with van der Waals surface area (Å²) in [6.45, 7) is 6.10. The van der Waals surface area contributed by atoms with Gasteiger partial charge in [0.05, 0.1) is 11.8 Å². The third-order valence-electron chi connectivity index (χ3n) is 4.96. The third kappa shape index (κ3) is 6.05. The van der Waals surface area contributed by atoms with Crippen LogP contribution >= 0.6 is 0 Å². The number of urea groups is 1. The minimum Gasteiger partial charge on any atom is -0.385 e. The highest BCUT2D eigenvalue weighted by atomic mass is 32.2. The zero-order chi connectivity index (χ0) is 20.0. The van der Waals surface area contributed by atoms with E-state index < -0.39 is 22.0 Å². The first kappa shape index (κ1) is 21.9. The third-order valence-corrected chi connectivity index (χ3v) is 6.69. The number of fused-ring (bicyclic) bond motifs is 1. The molecule has 0 aromatic rings. The van der Waals surface area contributed by atoms with Crippen molar-refractivity contribution in [1.29, 1.82) is 0 Å². The molecule has 0 unspecified atom stereocenters. The van der Waals surface area contributed by atoms with E-state index in [2.05, 4.69) is 24.5 Å². The molecule has 2 N–H and O–H groups in total. The number of sulfonamides is 1. The van der Waals surface area contributed by atoms with E-state index in [1.54, 1.807) is 7.11 Å². The second-order valence-electron chi connectivity index (χ2n) is 7.60. The van der Waals surface area contributed by atoms with Gasteiger partial charge in [0.15, 0.2) is 0 Å². The van der Waals surface area contributed by atoms with Crippen molar-refractivity contribution in [2.24, 2.45) is 5.92 Å². The summed E-state index contributed by atoms with van der Waals surface area (Å²) in [5.74, 6) is 0.0292. The molecule has 156 valence electrons. The number of amides is 3. The molecule has 0 spiro atoms. The standard InChI is InChI=1S/C17H32N4O5S/c1-13(2)5-6-18-17(23)19-14-11-15-16(22)21(7-4-9-26-3)27(24,25)10-8-20(15)12-14/h13-15H,4-12H2,1-3H3,(H2,18,19,23)/t14-,15-/m0/s1. The van der Waals surface area contributed by atoms with Crippen molar-refractivity contribution in [2.45, 2.75) is 45.2 Å². The average molecular weight is 405 g/mol. The zero-order valence-electron chi connectivity index (χ0n) is 16.4. The van der Waals surface area contributed by atoms with Crippen molar-refractivity contribution in [2.75, 3.05) is 45.6 Å². The van der Waals surface area contributed by atoms with Gasteiger partial charge in [-0.05, 0) is 25.2 Å². The van der Waals surface area contributed by atoms with Crippen molar-refractivity contribution < 1.29 is 22.7 Å². The molecule has 2 aliphatic heterocycles. The predicted molar refractivity (Wildman–Crippen MR) is 102 cm³/mol. The van der Waals surface area contributed by atoms with Gasteiger partial charge in [-0.3, -0.25) is 9.69 Å². The summed E-state index contributed by atoms with van der Waals surface area (Å²) in [6, 6.07) is -0.916. The maximum atomic E-state index is 12.9. The number of nitrogens with zero attached hydrogens (tertiary/aromatic N) is 2. The van der Waals surface area contributed by atoms with E-state index in [1.807, 2.05) is 4.90 Å². The van der Waals surface area contributed by atoms with Gasteiger partial charge in [0.25, 0.3) is 5.91 Å². The summed E-state index contributed by atoms with van der Waals surface area (Å²) < 4.78 is 30.8. The molecule has 0 aromatic heterocycles. The molecule has 2 fully saturated rings. The minimum atomic E-state index is -3.61. The molecule has 2 atom stereocenters. The minimum absolute atomic E-state index is 0.0878. The van der Waals surface area contributed by atoms with E-state index in [0.717, 1.165) is 10.7 Å². The molecule has 27 heavy (non-hydrogen) atoms. The monoisotopic (exact) mass is 404 g/mol. The van der Waals surface area contributed by atoms with E-state index in [1.165, 1.54) is 0 Å². The first-order valence-corrected chi connectivity index (χ1v) is 11.2. The number of nitrogens with one attached hydrogen (secondary N) is 2. The van der Waals surface area contributed by atoms with Crippen LogP contribution in [0.2, 0.25) is 0 Å². The van der Waals surface area contributed by atoms with E-state index in [0.29, 0.717) is 45.0 Å². The lowest BCUT2D eigenvalue weighted by Gasteiger charge is -2.23. The summed E-state index contributed by atoms with van der Waals surface area (Å²) in [5, 5.41) is 5.73. The molecule has 9 nitrogen and oxygen atoms in total. The Kier molecular flexibility index (Phi) is 7.87. The first-order chi connectivity index (χ1) is 12.7. The Bertz CT molecular complexity index is 625. The molecule has 2 saturated heterocycles. The van der Waals surface area contributed by atoms with Gasteiger partial charge >= 0.3 is 6.03 Å². The molecule has 0 bridgehead atoms. The Morgan fingerprint density at radius 3 is 2.78 bits per heavy atom. The number of carbonyl (C=O) groups excluding carboxylic acids is 2. The molecular weight excluding hydrogens is 372 g/mol. The SMILES string of the molecule is COCCCN1C(=O)[C@@H]2C[C@H](NC(=O)NCCC(C)C)CN2CCS1(=O)=O. The van der Waals surface area contributed by atoms with E-state index in [-0.39, 0.29) is 24.4 Å². The van der Waals surface area contributed by atoms with Crippen LogP contribution < -0.4 is 10.6 Å². The Morgan fingerprint density at radius 1 is 1.37 bits per heavy atom. The summed E-state index contributed by atoms with van der Waals surface area (Å²) in [4.78, 5) is 26.8. The van der Waals surface area contributed by atoms with Crippen molar-refractivity contribution in [3.05, 3.63) is 0 Å². The quantitative estimate of drug-likeness (QED) is 0.551. The number of carbonyl (C=O) groups is 2. The number of methoxy groups -OCH3 is 1. The predicted octanol–water partition coefficient (Wildman–Crippen LogP) is -0.0169. The lowest BCUT2D eigenvalue weighted by molar-refractivity contribution is -0.130. The summed E-state index contributed by atoms with van der Waals surface area (Å²) in [7, 11) is -2.06. The molecule has 2 aliphatic rings. The van der Waals surface area contributed by atoms with Crippen LogP contribution in [0.1, 0.15) is 33.1 Å². The maximum absolute atomic E-state index is 12.9. The largest absolute Gasteiger partial charge is 0.385 e. The fourth-order valence-electron chi connectivity index (χ4n) is 3.47. The lowest BCUT2D eigenvalue weighted by atomic mass is 10.1. The topological polar surface area (TPSA) is 108 Å². The molecule has 0 aromatic carbocycles. The van der Waals surface area contributed by atoms with Crippen LogP contribution in [0.15, 0.2) is 0 Å². The Morgan fingerprint density at radius 2 is 2.11 bits per heavy atom. The van der Waals surface area contributed by atoms with E-state index in [4.69, 9.17) is 4.74 Å². The number of hydrogen-bond donors (Lipinski definition) is 2. The highest BCUT2D eigenvalue weighted by Gasteiger charge is 2.45.